The summed E-state index contributed by atoms with van der Waals surface area (Å²) in [6.45, 7) is 38.3. The van der Waals surface area contributed by atoms with Crippen molar-refractivity contribution in [1.29, 1.82) is 0 Å². The number of rotatable bonds is 21. The number of nitrogen functional groups attached to an aromatic ring is 2. The molecule has 7 N–H and O–H groups in total. The Labute approximate surface area is 882 Å². The van der Waals surface area contributed by atoms with E-state index in [0.29, 0.717) is 81.8 Å². The van der Waals surface area contributed by atoms with Crippen LogP contribution in [-0.2, 0) is 80.9 Å². The van der Waals surface area contributed by atoms with E-state index in [1.807, 2.05) is 115 Å². The summed E-state index contributed by atoms with van der Waals surface area (Å²) in [5, 5.41) is 36.4. The monoisotopic (exact) mass is 2270 g/mol. The fourth-order valence-electron chi connectivity index (χ4n) is 14.8. The van der Waals surface area contributed by atoms with Crippen LogP contribution < -0.4 is 26.4 Å². The Bertz CT molecular complexity index is 5390. The molecule has 6 saturated carbocycles. The van der Waals surface area contributed by atoms with Gasteiger partial charge in [0.15, 0.2) is 23.1 Å². The quantitative estimate of drug-likeness (QED) is 0.0193. The lowest BCUT2D eigenvalue weighted by molar-refractivity contribution is -0.148. The number of carbonyl (C=O) groups excluding carboxylic acids is 2. The number of esters is 1. The van der Waals surface area contributed by atoms with Gasteiger partial charge in [0.05, 0.1) is 103 Å². The van der Waals surface area contributed by atoms with E-state index in [-0.39, 0.29) is 99.6 Å². The zero-order valence-electron chi connectivity index (χ0n) is 84.2. The number of amides is 1. The smallest absolute Gasteiger partial charge is 0.482 e. The molecular weight excluding hydrogens is 2130 g/mol. The number of aromatic amines is 1. The van der Waals surface area contributed by atoms with Crippen LogP contribution in [0.3, 0.4) is 0 Å². The number of likely N-dealkylation sites (tertiary alicyclic amines) is 1. The first-order valence-corrected chi connectivity index (χ1v) is 53.6. The Kier molecular flexibility index (Phi) is 45.3. The van der Waals surface area contributed by atoms with Gasteiger partial charge in [0, 0.05) is 131 Å². The fraction of sp³-hybridized carbons (Fsp3) is 0.622. The maximum absolute atomic E-state index is 14.0. The lowest BCUT2D eigenvalue weighted by atomic mass is 9.49. The summed E-state index contributed by atoms with van der Waals surface area (Å²) in [7, 11) is -2.99. The van der Waals surface area contributed by atoms with Crippen molar-refractivity contribution in [3.63, 3.8) is 0 Å². The van der Waals surface area contributed by atoms with Crippen molar-refractivity contribution in [2.45, 2.75) is 312 Å². The van der Waals surface area contributed by atoms with E-state index in [9.17, 15) is 31.6 Å². The van der Waals surface area contributed by atoms with E-state index in [1.165, 1.54) is 102 Å². The molecule has 18 rings (SSSR count). The number of aliphatic hydroxyl groups is 1. The summed E-state index contributed by atoms with van der Waals surface area (Å²) in [4.78, 5) is 42.6. The van der Waals surface area contributed by atoms with Gasteiger partial charge in [0.1, 0.15) is 29.4 Å². The Morgan fingerprint density at radius 2 is 0.979 bits per heavy atom. The summed E-state index contributed by atoms with van der Waals surface area (Å²) in [5.41, 5.74) is 12.5. The average molecular weight is 2280 g/mol. The number of H-pyrrole nitrogens is 1. The average Bonchev–Trinajstić information content (AvgIpc) is 1.59. The number of halogens is 9. The highest BCUT2D eigenvalue weighted by molar-refractivity contribution is 9.11. The molecule has 142 heavy (non-hydrogen) atoms. The van der Waals surface area contributed by atoms with Crippen LogP contribution in [0.4, 0.5) is 25.2 Å². The minimum Gasteiger partial charge on any atom is -0.482 e. The van der Waals surface area contributed by atoms with Gasteiger partial charge in [-0.2, -0.15) is 28.8 Å². The molecule has 4 saturated heterocycles. The standard InChI is InChI=1S/C25H28Cl2FN5O3.C14H23BN2O2.C13H10BrCl2FN2O.C12H24B2O4.C8H11BrN2.C6H12O3S.C6H10O2.C5H8O2.C5H10O.C3H3BrN2.CH4/c1-14(21-18(26)5-6-19(28)22(21)27)35-20-7-16(8-30-23(20)29)17-9-31-33(13-17)12-15-10-32(11-15)24(34)36-25(2,3)4;1-13(2)14(3,4)19-15(18-13)12-8-16-17(10-12)9-11-6-5-7-11;1-6(11-8(15)2-3-9(17)12(11)16)20-10-4-7(14)5-19-13(10)18;1-9(2)10(3,4)16-13(15-9)14-17-11(5,6)12(7,8)18-14;9-8-4-10-11(6-8)5-7-2-1-3-7;1-10(7,8)9-5-6-3-2-4-6;1-8-6(7)5-3-2-4-5;6-5(7)4-2-1-3-4;6-4-5-2-1-3-5;4-3-1-5-6-2-3;/h5-9,13-15H,10-12H2,1-4H3,(H2,29,30);8,10-11H,5-7,9H2,1-4H3;2-6H,1H3,(H2,18,19);1-8H3;4,6-7H,1-3,5H2;6H,2-5H2,1H3;5H,2-4H2,1H3;4H,1-3H2,(H,6,7);5-6H,1-4H2;1-2H,(H,5,6);1H4. The number of nitrogens with one attached hydrogen (secondary N) is 1. The van der Waals surface area contributed by atoms with Gasteiger partial charge in [0.2, 0.25) is 0 Å². The van der Waals surface area contributed by atoms with E-state index < -0.39 is 59.5 Å². The summed E-state index contributed by atoms with van der Waals surface area (Å²) in [6.07, 6.45) is 39.4. The third-order valence-electron chi connectivity index (χ3n) is 27.0. The second kappa shape index (κ2) is 53.4. The number of carbonyl (C=O) groups is 3. The van der Waals surface area contributed by atoms with Gasteiger partial charge >= 0.3 is 39.2 Å². The van der Waals surface area contributed by atoms with Crippen molar-refractivity contribution in [3.05, 3.63) is 155 Å². The number of nitrogens with zero attached hydrogens (tertiary/aromatic N) is 10. The van der Waals surface area contributed by atoms with Gasteiger partial charge < -0.3 is 73.5 Å². The van der Waals surface area contributed by atoms with Crippen LogP contribution >= 0.6 is 94.2 Å². The van der Waals surface area contributed by atoms with Gasteiger partial charge in [-0.25, -0.2) is 23.5 Å². The lowest BCUT2D eigenvalue weighted by Crippen LogP contribution is -2.52. The van der Waals surface area contributed by atoms with E-state index in [4.69, 9.17) is 110 Å². The molecule has 10 fully saturated rings. The number of aliphatic hydroxyl groups excluding tert-OH is 1. The summed E-state index contributed by atoms with van der Waals surface area (Å²) in [5.74, 6) is 2.69. The molecule has 6 aromatic heterocycles. The molecular formula is C98H143B3Br3Cl4F2N13O18S. The van der Waals surface area contributed by atoms with Gasteiger partial charge in [-0.05, 0) is 303 Å². The Morgan fingerprint density at radius 3 is 1.34 bits per heavy atom. The molecule has 2 aromatic carbocycles. The molecule has 2 unspecified atom stereocenters. The first kappa shape index (κ1) is 120. The predicted molar refractivity (Wildman–Crippen MR) is 563 cm³/mol. The van der Waals surface area contributed by atoms with E-state index in [2.05, 4.69) is 126 Å². The number of nitrogens with two attached hydrogens (primary N) is 2. The molecule has 6 aliphatic carbocycles. The number of ether oxygens (including phenoxy) is 4. The molecule has 44 heteroatoms. The van der Waals surface area contributed by atoms with Crippen molar-refractivity contribution in [2.75, 3.05) is 51.1 Å². The van der Waals surface area contributed by atoms with E-state index in [1.54, 1.807) is 61.9 Å². The molecule has 31 nitrogen and oxygen atoms in total. The number of pyridine rings is 2. The fourth-order valence-corrected chi connectivity index (χ4v) is 17.4. The molecule has 10 heterocycles. The lowest BCUT2D eigenvalue weighted by Gasteiger charge is -2.39. The first-order valence-electron chi connectivity index (χ1n) is 47.9. The third-order valence-corrected chi connectivity index (χ3v) is 30.3. The number of anilines is 2. The SMILES string of the molecule is Brc1cn[nH]c1.Brc1cnn(CC2CCC2)c1.C.CC(Oc1cc(-c2cnn(CC3CN(C(=O)OC(C)(C)C)C3)c2)cnc1N)c1c(Cl)ccc(F)c1Cl.CC(Oc1cc(Br)cnc1N)c1c(Cl)ccc(F)c1Cl.CC1(C)OB(B2OC(C)(C)C(C)(C)O2)OC1(C)C.CC1(C)OB(c2cnn(CC3CCC3)c2)OC1(C)C.COC(=O)C1CCC1.CS(=O)(=O)OCC1CCC1.O=C(O)C1CCC1.OCC1CCC1. The minimum absolute atomic E-state index is 0. The molecule has 0 spiro atoms. The van der Waals surface area contributed by atoms with Crippen LogP contribution in [0.1, 0.15) is 264 Å². The number of benzene rings is 2. The van der Waals surface area contributed by atoms with Crippen LogP contribution in [0.5, 0.6) is 11.5 Å². The number of carboxylic acids is 1. The zero-order valence-corrected chi connectivity index (χ0v) is 92.8. The van der Waals surface area contributed by atoms with E-state index in [0.717, 1.165) is 102 Å². The number of hydrogen-bond donors (Lipinski definition) is 5. The maximum atomic E-state index is 14.0. The molecule has 786 valence electrons. The minimum atomic E-state index is -3.20. The van der Waals surface area contributed by atoms with E-state index >= 15 is 0 Å². The summed E-state index contributed by atoms with van der Waals surface area (Å²) >= 11 is 34.2. The highest BCUT2D eigenvalue weighted by Crippen LogP contribution is 2.46. The number of carboxylic acid groups (broad SMARTS) is 1. The van der Waals surface area contributed by atoms with Crippen molar-refractivity contribution in [1.82, 2.24) is 54.4 Å². The summed E-state index contributed by atoms with van der Waals surface area (Å²) < 4.78 is 119. The Balaban J connectivity index is 0.000000204. The van der Waals surface area contributed by atoms with Crippen LogP contribution in [0.25, 0.3) is 11.1 Å². The number of hydrogen-bond acceptors (Lipinski definition) is 25. The van der Waals surface area contributed by atoms with Crippen molar-refractivity contribution >= 4 is 161 Å². The van der Waals surface area contributed by atoms with Gasteiger partial charge in [-0.3, -0.25) is 32.9 Å². The molecule has 10 aliphatic rings. The second-order valence-corrected chi connectivity index (χ2v) is 46.9. The number of aliphatic carboxylic acids is 1. The normalized spacial score (nSPS) is 19.4. The molecule has 2 atom stereocenters. The number of methoxy groups -OCH3 is 1. The summed E-state index contributed by atoms with van der Waals surface area (Å²) in [6, 6.07) is 8.68. The van der Waals surface area contributed by atoms with Gasteiger partial charge in [0.25, 0.3) is 10.1 Å². The van der Waals surface area contributed by atoms with Crippen molar-refractivity contribution < 1.29 is 92.9 Å². The number of aromatic nitrogens is 10. The molecule has 8 aromatic rings. The Morgan fingerprint density at radius 1 is 0.556 bits per heavy atom. The van der Waals surface area contributed by atoms with Crippen LogP contribution in [-0.4, -0.2) is 191 Å². The van der Waals surface area contributed by atoms with Crippen LogP contribution in [0, 0.1) is 53.1 Å². The maximum Gasteiger partial charge on any atom is 0.498 e. The highest BCUT2D eigenvalue weighted by atomic mass is 79.9. The first-order chi connectivity index (χ1) is 66.0. The molecule has 4 aliphatic heterocycles. The Hall–Kier alpha value is -6.73. The van der Waals surface area contributed by atoms with Gasteiger partial charge in [-0.15, -0.1) is 0 Å². The van der Waals surface area contributed by atoms with Gasteiger partial charge in [-0.1, -0.05) is 92.4 Å². The predicted octanol–water partition coefficient (Wildman–Crippen LogP) is 22.9. The van der Waals surface area contributed by atoms with Crippen molar-refractivity contribution in [3.8, 4) is 22.6 Å². The van der Waals surface area contributed by atoms with Crippen molar-refractivity contribution in [2.24, 2.45) is 41.4 Å². The zero-order chi connectivity index (χ0) is 104. The van der Waals surface area contributed by atoms with Crippen LogP contribution in [0.15, 0.2) is 112 Å². The van der Waals surface area contributed by atoms with Crippen LogP contribution in [0.2, 0.25) is 20.1 Å². The molecule has 0 radical (unpaired) electrons. The largest absolute Gasteiger partial charge is 0.498 e. The molecule has 0 bridgehead atoms. The highest BCUT2D eigenvalue weighted by Gasteiger charge is 2.64. The topological polar surface area (TPSA) is 391 Å². The molecule has 1 amide bonds. The third kappa shape index (κ3) is 35.8. The second-order valence-electron chi connectivity index (χ2n) is 41.0.